The molecule has 0 saturated heterocycles. The minimum absolute atomic E-state index is 0.0523. The van der Waals surface area contributed by atoms with Crippen LogP contribution < -0.4 is 0 Å². The van der Waals surface area contributed by atoms with E-state index in [1.54, 1.807) is 23.9 Å². The molecule has 0 aliphatic heterocycles. The maximum absolute atomic E-state index is 10.7. The van der Waals surface area contributed by atoms with E-state index in [-0.39, 0.29) is 5.69 Å². The van der Waals surface area contributed by atoms with Crippen LogP contribution in [0, 0.1) is 10.1 Å². The van der Waals surface area contributed by atoms with Crippen LogP contribution in [0.15, 0.2) is 51.8 Å². The predicted molar refractivity (Wildman–Crippen MR) is 82.5 cm³/mol. The molecule has 0 bridgehead atoms. The van der Waals surface area contributed by atoms with Gasteiger partial charge in [-0.1, -0.05) is 6.92 Å². The number of fused-ring (bicyclic) bond motifs is 1. The molecule has 0 N–H and O–H groups in total. The van der Waals surface area contributed by atoms with Gasteiger partial charge in [0.25, 0.3) is 5.69 Å². The fourth-order valence-corrected chi connectivity index (χ4v) is 2.71. The van der Waals surface area contributed by atoms with Crippen molar-refractivity contribution in [3.8, 4) is 11.5 Å². The third kappa shape index (κ3) is 2.75. The van der Waals surface area contributed by atoms with Gasteiger partial charge in [0.05, 0.1) is 4.92 Å². The third-order valence-electron chi connectivity index (χ3n) is 3.00. The molecular formula is C15H12N2O3S. The second-order valence-electron chi connectivity index (χ2n) is 4.39. The lowest BCUT2D eigenvalue weighted by Gasteiger charge is -1.95. The maximum atomic E-state index is 10.7. The van der Waals surface area contributed by atoms with E-state index in [4.69, 9.17) is 4.42 Å². The van der Waals surface area contributed by atoms with Crippen molar-refractivity contribution in [3.05, 3.63) is 52.6 Å². The molecule has 0 aliphatic carbocycles. The SMILES string of the molecule is CCSc1ccc2oc(-c3ccc([N+](=O)[O-])cc3)nc2c1. The molecule has 0 radical (unpaired) electrons. The van der Waals surface area contributed by atoms with E-state index >= 15 is 0 Å². The number of hydrogen-bond acceptors (Lipinski definition) is 5. The Morgan fingerprint density at radius 1 is 1.24 bits per heavy atom. The van der Waals surface area contributed by atoms with Crippen molar-refractivity contribution in [2.75, 3.05) is 5.75 Å². The van der Waals surface area contributed by atoms with Crippen LogP contribution in [-0.2, 0) is 0 Å². The van der Waals surface area contributed by atoms with Gasteiger partial charge in [0, 0.05) is 22.6 Å². The lowest BCUT2D eigenvalue weighted by molar-refractivity contribution is -0.384. The Balaban J connectivity index is 1.98. The van der Waals surface area contributed by atoms with Crippen LogP contribution in [0.5, 0.6) is 0 Å². The summed E-state index contributed by atoms with van der Waals surface area (Å²) < 4.78 is 5.70. The molecule has 0 unspecified atom stereocenters. The number of oxazole rings is 1. The zero-order valence-corrected chi connectivity index (χ0v) is 12.1. The van der Waals surface area contributed by atoms with Crippen LogP contribution in [0.4, 0.5) is 5.69 Å². The number of aromatic nitrogens is 1. The van der Waals surface area contributed by atoms with E-state index in [1.165, 1.54) is 12.1 Å². The predicted octanol–water partition coefficient (Wildman–Crippen LogP) is 4.52. The van der Waals surface area contributed by atoms with Gasteiger partial charge in [-0.3, -0.25) is 10.1 Å². The molecule has 3 rings (SSSR count). The molecule has 0 saturated carbocycles. The fourth-order valence-electron chi connectivity index (χ4n) is 2.01. The van der Waals surface area contributed by atoms with Crippen LogP contribution in [0.1, 0.15) is 6.92 Å². The normalized spacial score (nSPS) is 10.9. The first-order valence-electron chi connectivity index (χ1n) is 6.45. The summed E-state index contributed by atoms with van der Waals surface area (Å²) in [6.07, 6.45) is 0. The monoisotopic (exact) mass is 300 g/mol. The van der Waals surface area contributed by atoms with Crippen molar-refractivity contribution in [2.45, 2.75) is 11.8 Å². The summed E-state index contributed by atoms with van der Waals surface area (Å²) in [7, 11) is 0. The Morgan fingerprint density at radius 3 is 2.67 bits per heavy atom. The highest BCUT2D eigenvalue weighted by molar-refractivity contribution is 7.99. The molecule has 21 heavy (non-hydrogen) atoms. The van der Waals surface area contributed by atoms with E-state index in [1.807, 2.05) is 18.2 Å². The van der Waals surface area contributed by atoms with Crippen molar-refractivity contribution in [2.24, 2.45) is 0 Å². The maximum Gasteiger partial charge on any atom is 0.269 e. The highest BCUT2D eigenvalue weighted by Gasteiger charge is 2.11. The summed E-state index contributed by atoms with van der Waals surface area (Å²) in [5.41, 5.74) is 2.28. The molecule has 0 aliphatic rings. The number of benzene rings is 2. The summed E-state index contributed by atoms with van der Waals surface area (Å²) in [6.45, 7) is 2.10. The van der Waals surface area contributed by atoms with E-state index in [2.05, 4.69) is 11.9 Å². The number of thioether (sulfide) groups is 1. The van der Waals surface area contributed by atoms with Crippen molar-refractivity contribution in [1.29, 1.82) is 0 Å². The smallest absolute Gasteiger partial charge is 0.269 e. The lowest BCUT2D eigenvalue weighted by atomic mass is 10.2. The van der Waals surface area contributed by atoms with Gasteiger partial charge in [-0.25, -0.2) is 4.98 Å². The molecule has 0 atom stereocenters. The molecule has 3 aromatic rings. The van der Waals surface area contributed by atoms with E-state index in [9.17, 15) is 10.1 Å². The van der Waals surface area contributed by atoms with Gasteiger partial charge in [0.2, 0.25) is 5.89 Å². The molecule has 0 spiro atoms. The van der Waals surface area contributed by atoms with Crippen LogP contribution in [0.3, 0.4) is 0 Å². The van der Waals surface area contributed by atoms with Crippen LogP contribution in [0.25, 0.3) is 22.6 Å². The van der Waals surface area contributed by atoms with Gasteiger partial charge in [0.15, 0.2) is 5.58 Å². The van der Waals surface area contributed by atoms with Gasteiger partial charge in [0.1, 0.15) is 5.52 Å². The number of non-ortho nitro benzene ring substituents is 1. The van der Waals surface area contributed by atoms with Crippen LogP contribution in [-0.4, -0.2) is 15.7 Å². The van der Waals surface area contributed by atoms with Gasteiger partial charge in [-0.2, -0.15) is 0 Å². The first kappa shape index (κ1) is 13.6. The van der Waals surface area contributed by atoms with Gasteiger partial charge in [-0.15, -0.1) is 11.8 Å². The number of nitro groups is 1. The van der Waals surface area contributed by atoms with Crippen LogP contribution >= 0.6 is 11.8 Å². The molecule has 0 fully saturated rings. The van der Waals surface area contributed by atoms with Gasteiger partial charge < -0.3 is 4.42 Å². The average Bonchev–Trinajstić information content (AvgIpc) is 2.91. The second-order valence-corrected chi connectivity index (χ2v) is 5.72. The summed E-state index contributed by atoms with van der Waals surface area (Å²) in [5, 5.41) is 10.7. The zero-order valence-electron chi connectivity index (χ0n) is 11.3. The highest BCUT2D eigenvalue weighted by atomic mass is 32.2. The lowest BCUT2D eigenvalue weighted by Crippen LogP contribution is -1.87. The second kappa shape index (κ2) is 5.57. The highest BCUT2D eigenvalue weighted by Crippen LogP contribution is 2.28. The number of nitro benzene ring substituents is 1. The Morgan fingerprint density at radius 2 is 2.00 bits per heavy atom. The first-order chi connectivity index (χ1) is 10.2. The molecular weight excluding hydrogens is 288 g/mol. The molecule has 1 aromatic heterocycles. The minimum Gasteiger partial charge on any atom is -0.436 e. The van der Waals surface area contributed by atoms with E-state index in [0.717, 1.165) is 21.7 Å². The standard InChI is InChI=1S/C15H12N2O3S/c1-2-21-12-7-8-14-13(9-12)16-15(20-14)10-3-5-11(6-4-10)17(18)19/h3-9H,2H2,1H3. The van der Waals surface area contributed by atoms with E-state index in [0.29, 0.717) is 11.5 Å². The average molecular weight is 300 g/mol. The van der Waals surface area contributed by atoms with Crippen molar-refractivity contribution < 1.29 is 9.34 Å². The number of rotatable bonds is 4. The summed E-state index contributed by atoms with van der Waals surface area (Å²) in [6, 6.07) is 12.1. The molecule has 106 valence electrons. The molecule has 5 nitrogen and oxygen atoms in total. The summed E-state index contributed by atoms with van der Waals surface area (Å²) in [4.78, 5) is 15.8. The summed E-state index contributed by atoms with van der Waals surface area (Å²) >= 11 is 1.74. The van der Waals surface area contributed by atoms with Crippen molar-refractivity contribution in [1.82, 2.24) is 4.98 Å². The van der Waals surface area contributed by atoms with Crippen LogP contribution in [0.2, 0.25) is 0 Å². The topological polar surface area (TPSA) is 69.2 Å². The number of hydrogen-bond donors (Lipinski definition) is 0. The first-order valence-corrected chi connectivity index (χ1v) is 7.44. The van der Waals surface area contributed by atoms with Gasteiger partial charge in [-0.05, 0) is 36.1 Å². The molecule has 0 amide bonds. The Kier molecular flexibility index (Phi) is 3.62. The Labute approximate surface area is 125 Å². The molecule has 2 aromatic carbocycles. The minimum atomic E-state index is -0.426. The zero-order chi connectivity index (χ0) is 14.8. The van der Waals surface area contributed by atoms with Gasteiger partial charge >= 0.3 is 0 Å². The van der Waals surface area contributed by atoms with E-state index < -0.39 is 4.92 Å². The quantitative estimate of drug-likeness (QED) is 0.402. The van der Waals surface area contributed by atoms with Crippen molar-refractivity contribution >= 4 is 28.5 Å². The van der Waals surface area contributed by atoms with Crippen molar-refractivity contribution in [3.63, 3.8) is 0 Å². The third-order valence-corrected chi connectivity index (χ3v) is 3.87. The molecule has 6 heteroatoms. The summed E-state index contributed by atoms with van der Waals surface area (Å²) in [5.74, 6) is 1.47. The molecule has 1 heterocycles. The Bertz CT molecular complexity index is 796. The fraction of sp³-hybridized carbons (Fsp3) is 0.133. The number of nitrogens with zero attached hydrogens (tertiary/aromatic N) is 2. The Hall–Kier alpha value is -2.34. The largest absolute Gasteiger partial charge is 0.436 e.